The van der Waals surface area contributed by atoms with Gasteiger partial charge in [0.1, 0.15) is 17.8 Å². The first-order valence-electron chi connectivity index (χ1n) is 8.33. The number of benzene rings is 1. The zero-order valence-corrected chi connectivity index (χ0v) is 14.7. The molecule has 7 nitrogen and oxygen atoms in total. The van der Waals surface area contributed by atoms with E-state index in [9.17, 15) is 19.5 Å². The number of carbonyl (C=O) groups excluding carboxylic acids is 2. The number of carbonyl (C=O) groups is 3. The third-order valence-corrected chi connectivity index (χ3v) is 4.39. The summed E-state index contributed by atoms with van der Waals surface area (Å²) in [5.74, 6) is -1.25. The second kappa shape index (κ2) is 8.00. The standard InChI is InChI=1S/C18H24N2O5/c1-11(2)15(17(22)20-10-4-5-14(20)18(23)24)19-16(21)12-6-8-13(25-3)9-7-12/h6-9,11,14-15H,4-5,10H2,1-3H3,(H,19,21)(H,23,24)/t14-,15-/m0/s1. The molecule has 136 valence electrons. The third-order valence-electron chi connectivity index (χ3n) is 4.39. The molecule has 1 heterocycles. The van der Waals surface area contributed by atoms with E-state index < -0.39 is 18.1 Å². The van der Waals surface area contributed by atoms with Crippen LogP contribution >= 0.6 is 0 Å². The normalized spacial score (nSPS) is 18.1. The molecule has 1 aliphatic rings. The summed E-state index contributed by atoms with van der Waals surface area (Å²) in [7, 11) is 1.54. The molecule has 1 aliphatic heterocycles. The maximum Gasteiger partial charge on any atom is 0.326 e. The first-order valence-corrected chi connectivity index (χ1v) is 8.33. The summed E-state index contributed by atoms with van der Waals surface area (Å²) in [6.07, 6.45) is 1.10. The lowest BCUT2D eigenvalue weighted by Crippen LogP contribution is -2.53. The SMILES string of the molecule is COc1ccc(C(=O)N[C@H](C(=O)N2CCC[C@H]2C(=O)O)C(C)C)cc1. The monoisotopic (exact) mass is 348 g/mol. The summed E-state index contributed by atoms with van der Waals surface area (Å²) in [6, 6.07) is 4.99. The summed E-state index contributed by atoms with van der Waals surface area (Å²) in [5.41, 5.74) is 0.412. The van der Waals surface area contributed by atoms with Crippen LogP contribution in [-0.4, -0.2) is 53.5 Å². The minimum atomic E-state index is -1.00. The number of methoxy groups -OCH3 is 1. The number of carboxylic acids is 1. The molecule has 7 heteroatoms. The van der Waals surface area contributed by atoms with Gasteiger partial charge in [-0.25, -0.2) is 4.79 Å². The van der Waals surface area contributed by atoms with Crippen molar-refractivity contribution < 1.29 is 24.2 Å². The lowest BCUT2D eigenvalue weighted by molar-refractivity contribution is -0.149. The molecular formula is C18H24N2O5. The highest BCUT2D eigenvalue weighted by Crippen LogP contribution is 2.20. The summed E-state index contributed by atoms with van der Waals surface area (Å²) in [6.45, 7) is 4.04. The second-order valence-corrected chi connectivity index (χ2v) is 6.45. The van der Waals surface area contributed by atoms with E-state index in [2.05, 4.69) is 5.32 Å². The van der Waals surface area contributed by atoms with E-state index in [-0.39, 0.29) is 17.7 Å². The molecular weight excluding hydrogens is 324 g/mol. The van der Waals surface area contributed by atoms with Gasteiger partial charge in [-0.1, -0.05) is 13.8 Å². The van der Waals surface area contributed by atoms with Crippen LogP contribution in [0.2, 0.25) is 0 Å². The topological polar surface area (TPSA) is 95.9 Å². The molecule has 2 rings (SSSR count). The van der Waals surface area contributed by atoms with Crippen LogP contribution in [0.25, 0.3) is 0 Å². The minimum absolute atomic E-state index is 0.162. The van der Waals surface area contributed by atoms with Gasteiger partial charge < -0.3 is 20.1 Å². The van der Waals surface area contributed by atoms with Crippen LogP contribution in [0.5, 0.6) is 5.75 Å². The number of ether oxygens (including phenoxy) is 1. The predicted molar refractivity (Wildman–Crippen MR) is 91.5 cm³/mol. The van der Waals surface area contributed by atoms with Crippen molar-refractivity contribution in [3.8, 4) is 5.75 Å². The molecule has 1 fully saturated rings. The van der Waals surface area contributed by atoms with Gasteiger partial charge in [-0.15, -0.1) is 0 Å². The number of carboxylic acid groups (broad SMARTS) is 1. The van der Waals surface area contributed by atoms with Crippen molar-refractivity contribution in [1.82, 2.24) is 10.2 Å². The molecule has 0 spiro atoms. The summed E-state index contributed by atoms with van der Waals surface area (Å²) < 4.78 is 5.06. The Balaban J connectivity index is 2.13. The van der Waals surface area contributed by atoms with Gasteiger partial charge in [0.25, 0.3) is 5.91 Å². The molecule has 1 aromatic carbocycles. The van der Waals surface area contributed by atoms with E-state index >= 15 is 0 Å². The van der Waals surface area contributed by atoms with Gasteiger partial charge in [0.15, 0.2) is 0 Å². The predicted octanol–water partition coefficient (Wildman–Crippen LogP) is 1.53. The first kappa shape index (κ1) is 18.8. The number of likely N-dealkylation sites (tertiary alicyclic amines) is 1. The highest BCUT2D eigenvalue weighted by atomic mass is 16.5. The first-order chi connectivity index (χ1) is 11.8. The molecule has 2 atom stereocenters. The lowest BCUT2D eigenvalue weighted by atomic mass is 10.0. The Morgan fingerprint density at radius 3 is 2.40 bits per heavy atom. The minimum Gasteiger partial charge on any atom is -0.497 e. The fraction of sp³-hybridized carbons (Fsp3) is 0.500. The van der Waals surface area contributed by atoms with Gasteiger partial charge in [-0.2, -0.15) is 0 Å². The van der Waals surface area contributed by atoms with Crippen molar-refractivity contribution in [1.29, 1.82) is 0 Å². The van der Waals surface area contributed by atoms with Gasteiger partial charge in [0.05, 0.1) is 7.11 Å². The molecule has 1 aromatic rings. The van der Waals surface area contributed by atoms with Crippen molar-refractivity contribution in [2.45, 2.75) is 38.8 Å². The van der Waals surface area contributed by atoms with Crippen LogP contribution in [0.4, 0.5) is 0 Å². The molecule has 2 N–H and O–H groups in total. The second-order valence-electron chi connectivity index (χ2n) is 6.45. The molecule has 2 amide bonds. The van der Waals surface area contributed by atoms with E-state index in [1.807, 2.05) is 13.8 Å². The number of hydrogen-bond donors (Lipinski definition) is 2. The Morgan fingerprint density at radius 1 is 1.24 bits per heavy atom. The molecule has 0 aromatic heterocycles. The summed E-state index contributed by atoms with van der Waals surface area (Å²) >= 11 is 0. The average Bonchev–Trinajstić information content (AvgIpc) is 3.08. The maximum absolute atomic E-state index is 12.8. The van der Waals surface area contributed by atoms with E-state index in [4.69, 9.17) is 4.74 Å². The number of nitrogens with zero attached hydrogens (tertiary/aromatic N) is 1. The Hall–Kier alpha value is -2.57. The molecule has 0 unspecified atom stereocenters. The smallest absolute Gasteiger partial charge is 0.326 e. The fourth-order valence-corrected chi connectivity index (χ4v) is 2.95. The van der Waals surface area contributed by atoms with Crippen LogP contribution in [0.15, 0.2) is 24.3 Å². The molecule has 0 radical (unpaired) electrons. The van der Waals surface area contributed by atoms with Crippen LogP contribution < -0.4 is 10.1 Å². The largest absolute Gasteiger partial charge is 0.497 e. The highest BCUT2D eigenvalue weighted by molar-refractivity contribution is 5.98. The highest BCUT2D eigenvalue weighted by Gasteiger charge is 2.38. The zero-order chi connectivity index (χ0) is 18.6. The number of rotatable bonds is 6. The number of aliphatic carboxylic acids is 1. The van der Waals surface area contributed by atoms with Crippen LogP contribution in [-0.2, 0) is 9.59 Å². The zero-order valence-electron chi connectivity index (χ0n) is 14.7. The Labute approximate surface area is 147 Å². The average molecular weight is 348 g/mol. The van der Waals surface area contributed by atoms with Gasteiger partial charge in [-0.05, 0) is 43.0 Å². The summed E-state index contributed by atoms with van der Waals surface area (Å²) in [4.78, 5) is 37.9. The maximum atomic E-state index is 12.8. The van der Waals surface area contributed by atoms with Crippen molar-refractivity contribution >= 4 is 17.8 Å². The van der Waals surface area contributed by atoms with Gasteiger partial charge in [0.2, 0.25) is 5.91 Å². The van der Waals surface area contributed by atoms with Crippen LogP contribution in [0, 0.1) is 5.92 Å². The molecule has 0 aliphatic carbocycles. The van der Waals surface area contributed by atoms with E-state index in [0.717, 1.165) is 0 Å². The molecule has 0 saturated carbocycles. The van der Waals surface area contributed by atoms with Crippen molar-refractivity contribution in [3.63, 3.8) is 0 Å². The van der Waals surface area contributed by atoms with Crippen LogP contribution in [0.1, 0.15) is 37.0 Å². The van der Waals surface area contributed by atoms with Gasteiger partial charge >= 0.3 is 5.97 Å². The third kappa shape index (κ3) is 4.29. The molecule has 1 saturated heterocycles. The fourth-order valence-electron chi connectivity index (χ4n) is 2.95. The Kier molecular flexibility index (Phi) is 6.01. The van der Waals surface area contributed by atoms with Crippen molar-refractivity contribution in [2.75, 3.05) is 13.7 Å². The van der Waals surface area contributed by atoms with Gasteiger partial charge in [-0.3, -0.25) is 9.59 Å². The van der Waals surface area contributed by atoms with Crippen LogP contribution in [0.3, 0.4) is 0 Å². The Bertz CT molecular complexity index is 641. The Morgan fingerprint density at radius 2 is 1.88 bits per heavy atom. The van der Waals surface area contributed by atoms with E-state index in [0.29, 0.717) is 30.7 Å². The van der Waals surface area contributed by atoms with Gasteiger partial charge in [0, 0.05) is 12.1 Å². The number of hydrogen-bond acceptors (Lipinski definition) is 4. The van der Waals surface area contributed by atoms with Crippen molar-refractivity contribution in [2.24, 2.45) is 5.92 Å². The lowest BCUT2D eigenvalue weighted by Gasteiger charge is -2.29. The number of nitrogens with one attached hydrogen (secondary N) is 1. The molecule has 25 heavy (non-hydrogen) atoms. The van der Waals surface area contributed by atoms with E-state index in [1.165, 1.54) is 12.0 Å². The molecule has 0 bridgehead atoms. The summed E-state index contributed by atoms with van der Waals surface area (Å²) in [5, 5.41) is 12.0. The quantitative estimate of drug-likeness (QED) is 0.813. The number of amides is 2. The van der Waals surface area contributed by atoms with E-state index in [1.54, 1.807) is 24.3 Å². The van der Waals surface area contributed by atoms with Crippen molar-refractivity contribution in [3.05, 3.63) is 29.8 Å².